The lowest BCUT2D eigenvalue weighted by Gasteiger charge is -2.23. The van der Waals surface area contributed by atoms with E-state index in [9.17, 15) is 34.2 Å². The highest BCUT2D eigenvalue weighted by Crippen LogP contribution is 2.37. The number of aliphatic hydroxyl groups is 4. The van der Waals surface area contributed by atoms with Crippen molar-refractivity contribution < 1.29 is 54.6 Å². The first kappa shape index (κ1) is 36.7. The average Bonchev–Trinajstić information content (AvgIpc) is 2.77. The van der Waals surface area contributed by atoms with Crippen molar-refractivity contribution in [1.29, 1.82) is 0 Å². The van der Waals surface area contributed by atoms with Crippen LogP contribution in [0.15, 0.2) is 0 Å². The molecule has 0 bridgehead atoms. The van der Waals surface area contributed by atoms with Crippen LogP contribution in [0.5, 0.6) is 0 Å². The second-order valence-electron chi connectivity index (χ2n) is 6.34. The molecule has 15 nitrogen and oxygen atoms in total. The summed E-state index contributed by atoms with van der Waals surface area (Å²) in [6, 6.07) is 0. The predicted molar refractivity (Wildman–Crippen MR) is 150 cm³/mol. The Labute approximate surface area is 245 Å². The number of nitrogens with zero attached hydrogens (tertiary/aromatic N) is 1. The summed E-state index contributed by atoms with van der Waals surface area (Å²) in [6.07, 6.45) is -2.81. The molecule has 11 N–H and O–H groups in total. The lowest BCUT2D eigenvalue weighted by Crippen LogP contribution is -2.36. The molecule has 18 heteroatoms. The van der Waals surface area contributed by atoms with Gasteiger partial charge < -0.3 is 52.3 Å². The van der Waals surface area contributed by atoms with Gasteiger partial charge in [-0.1, -0.05) is 0 Å². The van der Waals surface area contributed by atoms with Crippen molar-refractivity contribution in [2.45, 2.75) is 12.2 Å². The molecule has 0 aliphatic heterocycles. The third kappa shape index (κ3) is 11.3. The van der Waals surface area contributed by atoms with Crippen LogP contribution < -0.4 is 21.7 Å². The van der Waals surface area contributed by atoms with Gasteiger partial charge in [-0.25, -0.2) is 9.59 Å². The van der Waals surface area contributed by atoms with Crippen molar-refractivity contribution in [2.24, 2.45) is 11.5 Å². The number of amides is 3. The maximum absolute atomic E-state index is 12.1. The molecule has 0 fully saturated rings. The van der Waals surface area contributed by atoms with E-state index in [0.29, 0.717) is 7.14 Å². The van der Waals surface area contributed by atoms with E-state index in [-0.39, 0.29) is 32.8 Å². The molecule has 1 aromatic rings. The number of aromatic carboxylic acids is 2. The molecule has 1 rings (SSSR count). The van der Waals surface area contributed by atoms with Gasteiger partial charge in [0, 0.05) is 10.6 Å². The van der Waals surface area contributed by atoms with E-state index >= 15 is 0 Å². The van der Waals surface area contributed by atoms with E-state index in [1.165, 1.54) is 11.9 Å². The van der Waals surface area contributed by atoms with Gasteiger partial charge in [0.2, 0.25) is 17.7 Å². The van der Waals surface area contributed by atoms with Gasteiger partial charge in [-0.3, -0.25) is 14.4 Å². The molecule has 36 heavy (non-hydrogen) atoms. The molecule has 204 valence electrons. The highest BCUT2D eigenvalue weighted by Gasteiger charge is 2.30. The van der Waals surface area contributed by atoms with Gasteiger partial charge in [0.25, 0.3) is 0 Å². The average molecular weight is 854 g/mol. The van der Waals surface area contributed by atoms with Crippen LogP contribution in [0, 0.1) is 10.7 Å². The number of likely N-dealkylation sites (N-methyl/N-ethyl adjacent to an activating group) is 2. The number of benzene rings is 1. The number of carboxylic acid groups (broad SMARTS) is 2. The number of carbonyl (C=O) groups excluding carboxylic acids is 3. The van der Waals surface area contributed by atoms with Gasteiger partial charge in [0.15, 0.2) is 12.2 Å². The Morgan fingerprint density at radius 3 is 1.36 bits per heavy atom. The van der Waals surface area contributed by atoms with Crippen LogP contribution in [-0.2, 0) is 14.4 Å². The quantitative estimate of drug-likeness (QED) is 0.119. The molecule has 0 aliphatic carbocycles. The molecule has 1 aromatic carbocycles. The van der Waals surface area contributed by atoms with Crippen molar-refractivity contribution in [3.8, 4) is 0 Å². The number of carboxylic acids is 2. The number of primary amides is 2. The van der Waals surface area contributed by atoms with E-state index < -0.39 is 49.2 Å². The van der Waals surface area contributed by atoms with Gasteiger partial charge in [-0.2, -0.15) is 0 Å². The molecule has 0 saturated heterocycles. The third-order valence-electron chi connectivity index (χ3n) is 3.76. The van der Waals surface area contributed by atoms with Crippen molar-refractivity contribution >= 4 is 103 Å². The fourth-order valence-electron chi connectivity index (χ4n) is 1.90. The number of anilines is 1. The number of nitrogens with one attached hydrogen (secondary N) is 1. The van der Waals surface area contributed by atoms with Crippen LogP contribution >= 0.6 is 67.8 Å². The summed E-state index contributed by atoms with van der Waals surface area (Å²) >= 11 is 5.36. The standard InChI is InChI=1S/C12H11I3N2O5.2C3H7NO3/c1-16-3-4(18)17(2)10-8(14)5(11(19)20)7(13)6(9(10)15)12(21)22;2*4-3(7)2(6)1-5/h16H,3H2,1-2H3,(H,19,20)(H,21,22);2*2,5-6H,1H2,(H2,4,7). The summed E-state index contributed by atoms with van der Waals surface area (Å²) in [6.45, 7) is -1.15. The molecular weight excluding hydrogens is 829 g/mol. The smallest absolute Gasteiger partial charge is 0.337 e. The van der Waals surface area contributed by atoms with E-state index in [4.69, 9.17) is 20.4 Å². The summed E-state index contributed by atoms with van der Waals surface area (Å²) in [5.74, 6) is -4.57. The molecule has 3 amide bonds. The number of hydrogen-bond acceptors (Lipinski definition) is 10. The Bertz CT molecular complexity index is 917. The minimum Gasteiger partial charge on any atom is -0.478 e. The van der Waals surface area contributed by atoms with Gasteiger partial charge in [0.1, 0.15) is 0 Å². The third-order valence-corrected chi connectivity index (χ3v) is 6.94. The number of aliphatic hydroxyl groups excluding tert-OH is 4. The van der Waals surface area contributed by atoms with Crippen LogP contribution in [0.4, 0.5) is 5.69 Å². The monoisotopic (exact) mass is 854 g/mol. The van der Waals surface area contributed by atoms with Gasteiger partial charge in [-0.05, 0) is 74.8 Å². The maximum atomic E-state index is 12.1. The Morgan fingerprint density at radius 1 is 0.833 bits per heavy atom. The van der Waals surface area contributed by atoms with Gasteiger partial charge in [0.05, 0.1) is 43.7 Å². The zero-order valence-electron chi connectivity index (χ0n) is 18.7. The SMILES string of the molecule is CNCC(=O)N(C)c1c(I)c(C(=O)O)c(I)c(C(=O)O)c1I.NC(=O)C(O)CO.NC(=O)C(O)CO. The Hall–Kier alpha value is -1.44. The number of halogens is 3. The van der Waals surface area contributed by atoms with Crippen molar-refractivity contribution in [2.75, 3.05) is 38.8 Å². The first-order valence-corrected chi connectivity index (χ1v) is 12.5. The maximum Gasteiger partial charge on any atom is 0.337 e. The molecular formula is C18H25I3N4O11. The first-order chi connectivity index (χ1) is 16.5. The van der Waals surface area contributed by atoms with E-state index in [0.717, 1.165) is 0 Å². The lowest BCUT2D eigenvalue weighted by atomic mass is 10.1. The molecule has 2 atom stereocenters. The summed E-state index contributed by atoms with van der Waals surface area (Å²) in [5, 5.41) is 53.8. The van der Waals surface area contributed by atoms with Crippen LogP contribution in [-0.4, -0.2) is 106 Å². The highest BCUT2D eigenvalue weighted by molar-refractivity contribution is 14.1. The van der Waals surface area contributed by atoms with Gasteiger partial charge >= 0.3 is 11.9 Å². The zero-order chi connectivity index (χ0) is 28.9. The molecule has 0 aromatic heterocycles. The summed E-state index contributed by atoms with van der Waals surface area (Å²) < 4.78 is 0.802. The summed E-state index contributed by atoms with van der Waals surface area (Å²) in [4.78, 5) is 55.8. The minimum absolute atomic E-state index is 0.0550. The second-order valence-corrected chi connectivity index (χ2v) is 9.57. The molecule has 0 aliphatic rings. The summed E-state index contributed by atoms with van der Waals surface area (Å²) in [5.41, 5.74) is 9.06. The normalized spacial score (nSPS) is 11.6. The van der Waals surface area contributed by atoms with Crippen LogP contribution in [0.3, 0.4) is 0 Å². The van der Waals surface area contributed by atoms with E-state index in [2.05, 4.69) is 16.8 Å². The number of nitrogens with two attached hydrogens (primary N) is 2. The Morgan fingerprint density at radius 2 is 1.17 bits per heavy atom. The number of hydrogen-bond donors (Lipinski definition) is 9. The minimum atomic E-state index is -1.40. The first-order valence-electron chi connectivity index (χ1n) is 9.26. The fraction of sp³-hybridized carbons (Fsp3) is 0.389. The molecule has 2 unspecified atom stereocenters. The van der Waals surface area contributed by atoms with Gasteiger partial charge in [-0.15, -0.1) is 0 Å². The van der Waals surface area contributed by atoms with Crippen molar-refractivity contribution in [3.05, 3.63) is 21.8 Å². The largest absolute Gasteiger partial charge is 0.478 e. The number of rotatable bonds is 9. The van der Waals surface area contributed by atoms with E-state index in [1.54, 1.807) is 29.6 Å². The van der Waals surface area contributed by atoms with Crippen LogP contribution in [0.2, 0.25) is 0 Å². The molecule has 0 spiro atoms. The molecule has 0 radical (unpaired) electrons. The Balaban J connectivity index is 0. The van der Waals surface area contributed by atoms with Crippen molar-refractivity contribution in [3.63, 3.8) is 0 Å². The topological polar surface area (TPSA) is 274 Å². The van der Waals surface area contributed by atoms with E-state index in [1.807, 2.05) is 45.2 Å². The second kappa shape index (κ2) is 17.9. The molecule has 0 heterocycles. The highest BCUT2D eigenvalue weighted by atomic mass is 127. The number of carbonyl (C=O) groups is 5. The van der Waals surface area contributed by atoms with Crippen LogP contribution in [0.25, 0.3) is 0 Å². The molecule has 0 saturated carbocycles. The van der Waals surface area contributed by atoms with Crippen LogP contribution in [0.1, 0.15) is 20.7 Å². The predicted octanol–water partition coefficient (Wildman–Crippen LogP) is -2.27. The summed E-state index contributed by atoms with van der Waals surface area (Å²) in [7, 11) is 3.10. The van der Waals surface area contributed by atoms with Crippen molar-refractivity contribution in [1.82, 2.24) is 5.32 Å². The zero-order valence-corrected chi connectivity index (χ0v) is 25.2. The Kier molecular flexibility index (Phi) is 18.3. The fourth-order valence-corrected chi connectivity index (χ4v) is 6.71. The lowest BCUT2D eigenvalue weighted by molar-refractivity contribution is -0.128.